The Bertz CT molecular complexity index is 267. The lowest BCUT2D eigenvalue weighted by Crippen LogP contribution is -2.23. The Morgan fingerprint density at radius 3 is 2.79 bits per heavy atom. The van der Waals surface area contributed by atoms with Gasteiger partial charge in [-0.25, -0.2) is 4.98 Å². The number of aromatic nitrogens is 2. The highest BCUT2D eigenvalue weighted by atomic mass is 15.1. The zero-order valence-electron chi connectivity index (χ0n) is 9.40. The van der Waals surface area contributed by atoms with Crippen LogP contribution in [0, 0.1) is 5.92 Å². The van der Waals surface area contributed by atoms with Crippen LogP contribution < -0.4 is 5.73 Å². The van der Waals surface area contributed by atoms with Gasteiger partial charge in [0.25, 0.3) is 0 Å². The lowest BCUT2D eigenvalue weighted by Gasteiger charge is -2.19. The molecule has 80 valence electrons. The van der Waals surface area contributed by atoms with E-state index in [1.54, 1.807) is 0 Å². The summed E-state index contributed by atoms with van der Waals surface area (Å²) in [5, 5.41) is 0. The first-order chi connectivity index (χ1) is 6.70. The van der Waals surface area contributed by atoms with Crippen molar-refractivity contribution in [2.45, 2.75) is 46.2 Å². The van der Waals surface area contributed by atoms with Crippen LogP contribution in [-0.2, 0) is 6.54 Å². The molecule has 0 spiro atoms. The molecule has 14 heavy (non-hydrogen) atoms. The Balaban J connectivity index is 2.72. The number of aryl methyl sites for hydroxylation is 1. The molecule has 0 radical (unpaired) electrons. The first-order valence-corrected chi connectivity index (χ1v) is 5.47. The number of nitrogens with two attached hydrogens (primary N) is 1. The van der Waals surface area contributed by atoms with Crippen LogP contribution in [-0.4, -0.2) is 9.55 Å². The van der Waals surface area contributed by atoms with Crippen molar-refractivity contribution >= 4 is 0 Å². The second-order valence-electron chi connectivity index (χ2n) is 3.86. The maximum Gasteiger partial charge on any atom is 0.125 e. The van der Waals surface area contributed by atoms with Crippen LogP contribution in [0.4, 0.5) is 0 Å². The maximum absolute atomic E-state index is 6.16. The Hall–Kier alpha value is -0.830. The van der Waals surface area contributed by atoms with Crippen molar-refractivity contribution in [3.05, 3.63) is 18.2 Å². The summed E-state index contributed by atoms with van der Waals surface area (Å²) < 4.78 is 2.12. The summed E-state index contributed by atoms with van der Waals surface area (Å²) in [7, 11) is 0. The quantitative estimate of drug-likeness (QED) is 0.783. The van der Waals surface area contributed by atoms with Gasteiger partial charge in [-0.05, 0) is 19.3 Å². The van der Waals surface area contributed by atoms with Gasteiger partial charge in [0.1, 0.15) is 5.82 Å². The summed E-state index contributed by atoms with van der Waals surface area (Å²) in [5.41, 5.74) is 6.16. The second kappa shape index (κ2) is 5.15. The highest BCUT2D eigenvalue weighted by Gasteiger charge is 2.17. The van der Waals surface area contributed by atoms with Crippen LogP contribution in [0.3, 0.4) is 0 Å². The minimum atomic E-state index is 0.0740. The van der Waals surface area contributed by atoms with Gasteiger partial charge in [-0.1, -0.05) is 20.3 Å². The van der Waals surface area contributed by atoms with Crippen LogP contribution in [0.2, 0.25) is 0 Å². The highest BCUT2D eigenvalue weighted by molar-refractivity contribution is 4.99. The summed E-state index contributed by atoms with van der Waals surface area (Å²) in [4.78, 5) is 4.33. The van der Waals surface area contributed by atoms with E-state index in [1.165, 1.54) is 6.42 Å². The summed E-state index contributed by atoms with van der Waals surface area (Å²) in [5.74, 6) is 1.53. The largest absolute Gasteiger partial charge is 0.334 e. The fourth-order valence-corrected chi connectivity index (χ4v) is 1.78. The van der Waals surface area contributed by atoms with Crippen molar-refractivity contribution in [1.82, 2.24) is 9.55 Å². The minimum absolute atomic E-state index is 0.0740. The van der Waals surface area contributed by atoms with Crippen molar-refractivity contribution in [3.8, 4) is 0 Å². The Kier molecular flexibility index (Phi) is 4.14. The standard InChI is InChI=1S/C11H21N3/c1-4-6-9(3)10(12)11-13-7-8-14(11)5-2/h7-10H,4-6,12H2,1-3H3. The highest BCUT2D eigenvalue weighted by Crippen LogP contribution is 2.21. The molecule has 0 saturated carbocycles. The van der Waals surface area contributed by atoms with E-state index >= 15 is 0 Å². The fourth-order valence-electron chi connectivity index (χ4n) is 1.78. The van der Waals surface area contributed by atoms with Crippen LogP contribution in [0.15, 0.2) is 12.4 Å². The topological polar surface area (TPSA) is 43.8 Å². The molecule has 0 aliphatic rings. The van der Waals surface area contributed by atoms with E-state index in [1.807, 2.05) is 12.4 Å². The molecule has 1 heterocycles. The zero-order valence-corrected chi connectivity index (χ0v) is 9.40. The Labute approximate surface area is 86.3 Å². The van der Waals surface area contributed by atoms with Crippen molar-refractivity contribution < 1.29 is 0 Å². The molecule has 0 aliphatic heterocycles. The van der Waals surface area contributed by atoms with E-state index in [-0.39, 0.29) is 6.04 Å². The zero-order chi connectivity index (χ0) is 10.6. The summed E-state index contributed by atoms with van der Waals surface area (Å²) in [6.07, 6.45) is 6.17. The number of imidazole rings is 1. The molecule has 0 aromatic carbocycles. The predicted octanol–water partition coefficient (Wildman–Crippen LogP) is 2.34. The summed E-state index contributed by atoms with van der Waals surface area (Å²) in [6, 6.07) is 0.0740. The third kappa shape index (κ3) is 2.35. The summed E-state index contributed by atoms with van der Waals surface area (Å²) >= 11 is 0. The van der Waals surface area contributed by atoms with Gasteiger partial charge < -0.3 is 10.3 Å². The van der Waals surface area contributed by atoms with Crippen LogP contribution in [0.25, 0.3) is 0 Å². The average molecular weight is 195 g/mol. The van der Waals surface area contributed by atoms with E-state index in [0.29, 0.717) is 5.92 Å². The summed E-state index contributed by atoms with van der Waals surface area (Å²) in [6.45, 7) is 7.45. The van der Waals surface area contributed by atoms with Gasteiger partial charge in [-0.3, -0.25) is 0 Å². The number of hydrogen-bond donors (Lipinski definition) is 1. The predicted molar refractivity (Wildman–Crippen MR) is 58.9 cm³/mol. The third-order valence-electron chi connectivity index (χ3n) is 2.74. The normalized spacial score (nSPS) is 15.4. The smallest absolute Gasteiger partial charge is 0.125 e. The average Bonchev–Trinajstić information content (AvgIpc) is 2.64. The van der Waals surface area contributed by atoms with Crippen LogP contribution >= 0.6 is 0 Å². The van der Waals surface area contributed by atoms with Crippen molar-refractivity contribution in [3.63, 3.8) is 0 Å². The van der Waals surface area contributed by atoms with E-state index in [9.17, 15) is 0 Å². The first kappa shape index (κ1) is 11.2. The minimum Gasteiger partial charge on any atom is -0.334 e. The number of rotatable bonds is 5. The molecule has 0 fully saturated rings. The van der Waals surface area contributed by atoms with Gasteiger partial charge in [0.15, 0.2) is 0 Å². The van der Waals surface area contributed by atoms with E-state index in [2.05, 4.69) is 30.3 Å². The number of hydrogen-bond acceptors (Lipinski definition) is 2. The molecule has 2 atom stereocenters. The molecule has 1 rings (SSSR count). The number of nitrogens with zero attached hydrogens (tertiary/aromatic N) is 2. The molecule has 0 saturated heterocycles. The van der Waals surface area contributed by atoms with Crippen molar-refractivity contribution in [2.75, 3.05) is 0 Å². The molecule has 3 heteroatoms. The van der Waals surface area contributed by atoms with E-state index in [0.717, 1.165) is 18.8 Å². The Morgan fingerprint density at radius 2 is 2.21 bits per heavy atom. The fraction of sp³-hybridized carbons (Fsp3) is 0.727. The van der Waals surface area contributed by atoms with Crippen LogP contribution in [0.5, 0.6) is 0 Å². The van der Waals surface area contributed by atoms with E-state index in [4.69, 9.17) is 5.73 Å². The molecular formula is C11H21N3. The van der Waals surface area contributed by atoms with E-state index < -0.39 is 0 Å². The molecule has 0 amide bonds. The molecule has 2 N–H and O–H groups in total. The van der Waals surface area contributed by atoms with Gasteiger partial charge in [-0.2, -0.15) is 0 Å². The first-order valence-electron chi connectivity index (χ1n) is 5.47. The molecule has 0 aliphatic carbocycles. The van der Waals surface area contributed by atoms with Gasteiger partial charge >= 0.3 is 0 Å². The molecule has 3 nitrogen and oxygen atoms in total. The Morgan fingerprint density at radius 1 is 1.50 bits per heavy atom. The molecule has 2 unspecified atom stereocenters. The SMILES string of the molecule is CCCC(C)C(N)c1nccn1CC. The van der Waals surface area contributed by atoms with Gasteiger partial charge in [-0.15, -0.1) is 0 Å². The molecular weight excluding hydrogens is 174 g/mol. The maximum atomic E-state index is 6.16. The lowest BCUT2D eigenvalue weighted by molar-refractivity contribution is 0.406. The lowest BCUT2D eigenvalue weighted by atomic mass is 9.97. The van der Waals surface area contributed by atoms with Gasteiger partial charge in [0, 0.05) is 18.9 Å². The van der Waals surface area contributed by atoms with Crippen molar-refractivity contribution in [2.24, 2.45) is 11.7 Å². The second-order valence-corrected chi connectivity index (χ2v) is 3.86. The molecule has 1 aromatic rings. The third-order valence-corrected chi connectivity index (χ3v) is 2.74. The van der Waals surface area contributed by atoms with Gasteiger partial charge in [0.05, 0.1) is 6.04 Å². The molecule has 1 aromatic heterocycles. The van der Waals surface area contributed by atoms with Gasteiger partial charge in [0.2, 0.25) is 0 Å². The monoisotopic (exact) mass is 195 g/mol. The van der Waals surface area contributed by atoms with Crippen molar-refractivity contribution in [1.29, 1.82) is 0 Å². The molecule has 0 bridgehead atoms. The van der Waals surface area contributed by atoms with Crippen LogP contribution in [0.1, 0.15) is 45.5 Å².